The maximum Gasteiger partial charge on any atom is 0.257 e. The number of nitrogens with zero attached hydrogens (tertiary/aromatic N) is 1. The van der Waals surface area contributed by atoms with Crippen molar-refractivity contribution in [3.05, 3.63) is 58.5 Å². The molecule has 1 amide bonds. The van der Waals surface area contributed by atoms with Crippen LogP contribution in [0.1, 0.15) is 27.9 Å². The summed E-state index contributed by atoms with van der Waals surface area (Å²) in [5.41, 5.74) is 5.07. The van der Waals surface area contributed by atoms with Gasteiger partial charge in [-0.2, -0.15) is 0 Å². The summed E-state index contributed by atoms with van der Waals surface area (Å²) < 4.78 is 10.7. The van der Waals surface area contributed by atoms with Gasteiger partial charge in [-0.05, 0) is 60.7 Å². The van der Waals surface area contributed by atoms with Crippen LogP contribution in [0.25, 0.3) is 11.3 Å². The summed E-state index contributed by atoms with van der Waals surface area (Å²) in [7, 11) is 0. The Morgan fingerprint density at radius 3 is 2.88 bits per heavy atom. The van der Waals surface area contributed by atoms with E-state index >= 15 is 0 Å². The van der Waals surface area contributed by atoms with Crippen molar-refractivity contribution in [2.45, 2.75) is 19.3 Å². The van der Waals surface area contributed by atoms with Crippen molar-refractivity contribution in [2.24, 2.45) is 0 Å². The van der Waals surface area contributed by atoms with Crippen molar-refractivity contribution in [1.29, 1.82) is 0 Å². The van der Waals surface area contributed by atoms with Gasteiger partial charge in [0.15, 0.2) is 16.6 Å². The van der Waals surface area contributed by atoms with E-state index in [1.807, 2.05) is 35.7 Å². The summed E-state index contributed by atoms with van der Waals surface area (Å²) in [5, 5.41) is 5.42. The smallest absolute Gasteiger partial charge is 0.257 e. The van der Waals surface area contributed by atoms with Crippen LogP contribution in [-0.4, -0.2) is 17.7 Å². The number of nitrogens with one attached hydrogen (secondary N) is 1. The Hall–Kier alpha value is -2.86. The number of amides is 1. The zero-order valence-corrected chi connectivity index (χ0v) is 14.8. The third kappa shape index (κ3) is 2.72. The average molecular weight is 364 g/mol. The molecule has 3 aromatic rings. The van der Waals surface area contributed by atoms with E-state index in [1.54, 1.807) is 0 Å². The van der Waals surface area contributed by atoms with Gasteiger partial charge in [0.25, 0.3) is 5.91 Å². The molecule has 0 spiro atoms. The van der Waals surface area contributed by atoms with Gasteiger partial charge in [-0.3, -0.25) is 10.1 Å². The van der Waals surface area contributed by atoms with Crippen LogP contribution in [-0.2, 0) is 12.8 Å². The molecule has 2 heterocycles. The fourth-order valence-electron chi connectivity index (χ4n) is 3.40. The average Bonchev–Trinajstić information content (AvgIpc) is 3.40. The van der Waals surface area contributed by atoms with Crippen LogP contribution in [0.5, 0.6) is 11.5 Å². The molecule has 2 aromatic carbocycles. The molecule has 2 aliphatic rings. The molecule has 0 fully saturated rings. The van der Waals surface area contributed by atoms with Gasteiger partial charge in [-0.15, -0.1) is 11.3 Å². The van der Waals surface area contributed by atoms with Gasteiger partial charge in [0.2, 0.25) is 6.79 Å². The van der Waals surface area contributed by atoms with Crippen LogP contribution >= 0.6 is 11.3 Å². The lowest BCUT2D eigenvalue weighted by Gasteiger charge is -2.05. The van der Waals surface area contributed by atoms with E-state index in [-0.39, 0.29) is 12.7 Å². The van der Waals surface area contributed by atoms with Crippen LogP contribution < -0.4 is 14.8 Å². The summed E-state index contributed by atoms with van der Waals surface area (Å²) in [6.45, 7) is 0.248. The Morgan fingerprint density at radius 2 is 1.92 bits per heavy atom. The molecular weight excluding hydrogens is 348 g/mol. The van der Waals surface area contributed by atoms with Crippen molar-refractivity contribution in [1.82, 2.24) is 4.98 Å². The molecule has 26 heavy (non-hydrogen) atoms. The predicted molar refractivity (Wildman–Crippen MR) is 100 cm³/mol. The minimum Gasteiger partial charge on any atom is -0.454 e. The fourth-order valence-corrected chi connectivity index (χ4v) is 4.12. The van der Waals surface area contributed by atoms with Crippen molar-refractivity contribution in [2.75, 3.05) is 12.1 Å². The Bertz CT molecular complexity index is 1010. The molecule has 0 bridgehead atoms. The number of hydrogen-bond acceptors (Lipinski definition) is 5. The molecule has 6 heteroatoms. The zero-order valence-electron chi connectivity index (χ0n) is 14.0. The SMILES string of the molecule is O=C(Nc1nc(-c2ccc3c(c2)OCO3)cs1)c1ccc2c(c1)CCC2. The van der Waals surface area contributed by atoms with E-state index in [0.717, 1.165) is 35.6 Å². The second-order valence-corrected chi connectivity index (χ2v) is 7.26. The van der Waals surface area contributed by atoms with Gasteiger partial charge >= 0.3 is 0 Å². The lowest BCUT2D eigenvalue weighted by Crippen LogP contribution is -2.12. The molecule has 1 aliphatic carbocycles. The third-order valence-electron chi connectivity index (χ3n) is 4.75. The first-order chi connectivity index (χ1) is 12.8. The molecule has 0 saturated carbocycles. The molecule has 0 atom stereocenters. The normalized spacial score (nSPS) is 14.3. The highest BCUT2D eigenvalue weighted by Crippen LogP contribution is 2.36. The summed E-state index contributed by atoms with van der Waals surface area (Å²) in [6.07, 6.45) is 3.34. The Balaban J connectivity index is 1.35. The molecule has 0 unspecified atom stereocenters. The van der Waals surface area contributed by atoms with Crippen molar-refractivity contribution in [3.63, 3.8) is 0 Å². The number of thiazole rings is 1. The van der Waals surface area contributed by atoms with E-state index < -0.39 is 0 Å². The number of ether oxygens (including phenoxy) is 2. The van der Waals surface area contributed by atoms with Gasteiger partial charge in [0, 0.05) is 16.5 Å². The highest BCUT2D eigenvalue weighted by Gasteiger charge is 2.17. The minimum absolute atomic E-state index is 0.119. The highest BCUT2D eigenvalue weighted by molar-refractivity contribution is 7.14. The fraction of sp³-hybridized carbons (Fsp3) is 0.200. The van der Waals surface area contributed by atoms with Crippen LogP contribution in [0.4, 0.5) is 5.13 Å². The lowest BCUT2D eigenvalue weighted by molar-refractivity contribution is 0.102. The van der Waals surface area contributed by atoms with Gasteiger partial charge < -0.3 is 9.47 Å². The monoisotopic (exact) mass is 364 g/mol. The van der Waals surface area contributed by atoms with Crippen LogP contribution in [0.3, 0.4) is 0 Å². The number of fused-ring (bicyclic) bond motifs is 2. The molecule has 1 aromatic heterocycles. The van der Waals surface area contributed by atoms with Crippen molar-refractivity contribution < 1.29 is 14.3 Å². The minimum atomic E-state index is -0.119. The third-order valence-corrected chi connectivity index (χ3v) is 5.51. The van der Waals surface area contributed by atoms with E-state index in [1.165, 1.54) is 28.9 Å². The lowest BCUT2D eigenvalue weighted by atomic mass is 10.1. The van der Waals surface area contributed by atoms with Crippen molar-refractivity contribution >= 4 is 22.4 Å². The topological polar surface area (TPSA) is 60.5 Å². The first kappa shape index (κ1) is 15.4. The van der Waals surface area contributed by atoms with Gasteiger partial charge in [-0.1, -0.05) is 6.07 Å². The second-order valence-electron chi connectivity index (χ2n) is 6.40. The van der Waals surface area contributed by atoms with Crippen LogP contribution in [0.15, 0.2) is 41.8 Å². The number of aromatic nitrogens is 1. The molecule has 0 radical (unpaired) electrons. The number of aryl methyl sites for hydroxylation is 2. The number of benzene rings is 2. The Labute approximate surface area is 154 Å². The summed E-state index contributed by atoms with van der Waals surface area (Å²) in [5.74, 6) is 1.35. The Kier molecular flexibility index (Phi) is 3.64. The molecule has 1 N–H and O–H groups in total. The molecule has 5 rings (SSSR count). The molecule has 0 saturated heterocycles. The molecular formula is C20H16N2O3S. The number of carbonyl (C=O) groups excluding carboxylic acids is 1. The van der Waals surface area contributed by atoms with E-state index in [2.05, 4.69) is 16.4 Å². The summed E-state index contributed by atoms with van der Waals surface area (Å²) in [4.78, 5) is 17.1. The molecule has 5 nitrogen and oxygen atoms in total. The standard InChI is InChI=1S/C20H16N2O3S/c23-19(15-5-4-12-2-1-3-13(12)8-15)22-20-21-16(10-26-20)14-6-7-17-18(9-14)25-11-24-17/h4-10H,1-3,11H2,(H,21,22,23). The molecule has 1 aliphatic heterocycles. The van der Waals surface area contributed by atoms with Gasteiger partial charge in [-0.25, -0.2) is 4.98 Å². The maximum absolute atomic E-state index is 12.5. The second kappa shape index (κ2) is 6.14. The maximum atomic E-state index is 12.5. The van der Waals surface area contributed by atoms with Crippen molar-refractivity contribution in [3.8, 4) is 22.8 Å². The summed E-state index contributed by atoms with van der Waals surface area (Å²) in [6, 6.07) is 11.7. The number of rotatable bonds is 3. The Morgan fingerprint density at radius 1 is 1.04 bits per heavy atom. The van der Waals surface area contributed by atoms with Crippen LogP contribution in [0, 0.1) is 0 Å². The highest BCUT2D eigenvalue weighted by atomic mass is 32.1. The molecule has 130 valence electrons. The van der Waals surface area contributed by atoms with E-state index in [4.69, 9.17) is 9.47 Å². The number of anilines is 1. The number of carbonyl (C=O) groups is 1. The predicted octanol–water partition coefficient (Wildman–Crippen LogP) is 4.28. The first-order valence-corrected chi connectivity index (χ1v) is 9.43. The van der Waals surface area contributed by atoms with Gasteiger partial charge in [0.05, 0.1) is 5.69 Å². The quantitative estimate of drug-likeness (QED) is 0.754. The number of hydrogen-bond donors (Lipinski definition) is 1. The van der Waals surface area contributed by atoms with Crippen LogP contribution in [0.2, 0.25) is 0 Å². The first-order valence-electron chi connectivity index (χ1n) is 8.55. The van der Waals surface area contributed by atoms with E-state index in [9.17, 15) is 4.79 Å². The van der Waals surface area contributed by atoms with Gasteiger partial charge in [0.1, 0.15) is 0 Å². The zero-order chi connectivity index (χ0) is 17.5. The largest absolute Gasteiger partial charge is 0.454 e. The van der Waals surface area contributed by atoms with E-state index in [0.29, 0.717) is 10.7 Å². The summed E-state index contributed by atoms with van der Waals surface area (Å²) >= 11 is 1.41.